The number of rotatable bonds is 7. The first-order chi connectivity index (χ1) is 8.42. The average molecular weight is 231 g/mol. The first-order valence-corrected chi connectivity index (χ1v) is 6.70. The van der Waals surface area contributed by atoms with Gasteiger partial charge in [0, 0.05) is 6.54 Å². The van der Waals surface area contributed by atoms with Gasteiger partial charge in [0.05, 0.1) is 5.52 Å². The van der Waals surface area contributed by atoms with Gasteiger partial charge in [-0.1, -0.05) is 56.4 Å². The largest absolute Gasteiger partial charge is 0.245 e. The molecular weight excluding hydrogens is 210 g/mol. The fraction of sp³-hybridized carbons (Fsp3) is 0.571. The van der Waals surface area contributed by atoms with E-state index in [1.54, 1.807) is 0 Å². The third-order valence-electron chi connectivity index (χ3n) is 3.14. The van der Waals surface area contributed by atoms with Crippen LogP contribution in [0, 0.1) is 0 Å². The second kappa shape index (κ2) is 6.38. The zero-order valence-electron chi connectivity index (χ0n) is 10.6. The van der Waals surface area contributed by atoms with Gasteiger partial charge in [0.1, 0.15) is 5.52 Å². The molecule has 1 heterocycles. The molecule has 0 aliphatic heterocycles. The molecule has 0 spiro atoms. The van der Waals surface area contributed by atoms with E-state index in [1.165, 1.54) is 38.5 Å². The summed E-state index contributed by atoms with van der Waals surface area (Å²) in [5, 5.41) is 8.36. The highest BCUT2D eigenvalue weighted by atomic mass is 15.4. The van der Waals surface area contributed by atoms with Gasteiger partial charge in [-0.3, -0.25) is 0 Å². The number of hydrogen-bond acceptors (Lipinski definition) is 2. The van der Waals surface area contributed by atoms with Crippen molar-refractivity contribution in [2.75, 3.05) is 0 Å². The number of unbranched alkanes of at least 4 members (excludes halogenated alkanes) is 5. The summed E-state index contributed by atoms with van der Waals surface area (Å²) in [6.07, 6.45) is 7.90. The summed E-state index contributed by atoms with van der Waals surface area (Å²) in [4.78, 5) is 0. The molecule has 17 heavy (non-hydrogen) atoms. The standard InChI is InChI=1S/C14H21N3/c1-2-3-4-5-6-9-12-17-14-11-8-7-10-13(14)15-16-17/h7-8,10-11H,2-6,9,12H2,1H3. The maximum absolute atomic E-state index is 4.20. The molecule has 2 aromatic rings. The fourth-order valence-corrected chi connectivity index (χ4v) is 2.12. The second-order valence-electron chi connectivity index (χ2n) is 4.57. The molecule has 3 heteroatoms. The molecule has 1 aromatic heterocycles. The molecule has 0 radical (unpaired) electrons. The summed E-state index contributed by atoms with van der Waals surface area (Å²) < 4.78 is 2.02. The highest BCUT2D eigenvalue weighted by Crippen LogP contribution is 2.11. The molecule has 92 valence electrons. The lowest BCUT2D eigenvalue weighted by atomic mass is 10.1. The minimum absolute atomic E-state index is 0.993. The summed E-state index contributed by atoms with van der Waals surface area (Å²) in [6, 6.07) is 8.15. The molecule has 0 amide bonds. The quantitative estimate of drug-likeness (QED) is 0.679. The van der Waals surface area contributed by atoms with Gasteiger partial charge in [-0.25, -0.2) is 4.68 Å². The van der Waals surface area contributed by atoms with Crippen LogP contribution in [0.5, 0.6) is 0 Å². The molecule has 0 saturated carbocycles. The highest BCUT2D eigenvalue weighted by Gasteiger charge is 2.02. The summed E-state index contributed by atoms with van der Waals surface area (Å²) in [5.41, 5.74) is 2.15. The Kier molecular flexibility index (Phi) is 4.54. The Bertz CT molecular complexity index is 447. The molecule has 1 aromatic carbocycles. The van der Waals surface area contributed by atoms with Gasteiger partial charge in [0.2, 0.25) is 0 Å². The van der Waals surface area contributed by atoms with Crippen LogP contribution in [0.3, 0.4) is 0 Å². The third kappa shape index (κ3) is 3.29. The normalized spacial score (nSPS) is 11.1. The topological polar surface area (TPSA) is 30.7 Å². The summed E-state index contributed by atoms with van der Waals surface area (Å²) >= 11 is 0. The molecular formula is C14H21N3. The van der Waals surface area contributed by atoms with E-state index in [-0.39, 0.29) is 0 Å². The Hall–Kier alpha value is -1.38. The number of hydrogen-bond donors (Lipinski definition) is 0. The van der Waals surface area contributed by atoms with E-state index >= 15 is 0 Å². The van der Waals surface area contributed by atoms with E-state index in [0.717, 1.165) is 17.6 Å². The zero-order chi connectivity index (χ0) is 11.9. The van der Waals surface area contributed by atoms with Crippen LogP contribution in [0.1, 0.15) is 45.4 Å². The van der Waals surface area contributed by atoms with Gasteiger partial charge in [0.15, 0.2) is 0 Å². The Morgan fingerprint density at radius 3 is 2.65 bits per heavy atom. The van der Waals surface area contributed by atoms with Crippen LogP contribution in [0.25, 0.3) is 11.0 Å². The SMILES string of the molecule is CCCCCCCCn1nnc2ccccc21. The van der Waals surface area contributed by atoms with Crippen molar-refractivity contribution in [2.24, 2.45) is 0 Å². The maximum atomic E-state index is 4.20. The van der Waals surface area contributed by atoms with Crippen molar-refractivity contribution in [3.8, 4) is 0 Å². The number of nitrogens with zero attached hydrogens (tertiary/aromatic N) is 3. The molecule has 0 atom stereocenters. The minimum Gasteiger partial charge on any atom is -0.245 e. The van der Waals surface area contributed by atoms with Gasteiger partial charge in [-0.2, -0.15) is 0 Å². The zero-order valence-corrected chi connectivity index (χ0v) is 10.6. The number of fused-ring (bicyclic) bond motifs is 1. The molecule has 0 N–H and O–H groups in total. The second-order valence-corrected chi connectivity index (χ2v) is 4.57. The first-order valence-electron chi connectivity index (χ1n) is 6.70. The summed E-state index contributed by atoms with van der Waals surface area (Å²) in [5.74, 6) is 0. The number of benzene rings is 1. The van der Waals surface area contributed by atoms with E-state index in [9.17, 15) is 0 Å². The predicted octanol–water partition coefficient (Wildman–Crippen LogP) is 3.79. The Morgan fingerprint density at radius 1 is 1.00 bits per heavy atom. The highest BCUT2D eigenvalue weighted by molar-refractivity contribution is 5.73. The van der Waals surface area contributed by atoms with Crippen molar-refractivity contribution < 1.29 is 0 Å². The van der Waals surface area contributed by atoms with Crippen molar-refractivity contribution in [1.29, 1.82) is 0 Å². The van der Waals surface area contributed by atoms with Crippen molar-refractivity contribution in [1.82, 2.24) is 15.0 Å². The van der Waals surface area contributed by atoms with Crippen LogP contribution in [0.2, 0.25) is 0 Å². The number of aryl methyl sites for hydroxylation is 1. The molecule has 0 saturated heterocycles. The van der Waals surface area contributed by atoms with E-state index < -0.39 is 0 Å². The van der Waals surface area contributed by atoms with Crippen LogP contribution in [0.15, 0.2) is 24.3 Å². The van der Waals surface area contributed by atoms with Gasteiger partial charge in [-0.05, 0) is 18.6 Å². The smallest absolute Gasteiger partial charge is 0.113 e. The van der Waals surface area contributed by atoms with Crippen LogP contribution in [0.4, 0.5) is 0 Å². The van der Waals surface area contributed by atoms with Gasteiger partial charge in [0.25, 0.3) is 0 Å². The lowest BCUT2D eigenvalue weighted by Crippen LogP contribution is -2.00. The van der Waals surface area contributed by atoms with Crippen molar-refractivity contribution in [3.05, 3.63) is 24.3 Å². The molecule has 0 bridgehead atoms. The van der Waals surface area contributed by atoms with Gasteiger partial charge < -0.3 is 0 Å². The predicted molar refractivity (Wildman–Crippen MR) is 70.9 cm³/mol. The van der Waals surface area contributed by atoms with Crippen molar-refractivity contribution in [2.45, 2.75) is 52.0 Å². The van der Waals surface area contributed by atoms with E-state index in [1.807, 2.05) is 22.9 Å². The average Bonchev–Trinajstić information content (AvgIpc) is 2.77. The van der Waals surface area contributed by atoms with E-state index in [4.69, 9.17) is 0 Å². The van der Waals surface area contributed by atoms with Crippen LogP contribution >= 0.6 is 0 Å². The van der Waals surface area contributed by atoms with Crippen LogP contribution in [-0.4, -0.2) is 15.0 Å². The van der Waals surface area contributed by atoms with Crippen LogP contribution < -0.4 is 0 Å². The van der Waals surface area contributed by atoms with Gasteiger partial charge >= 0.3 is 0 Å². The molecule has 0 aliphatic carbocycles. The molecule has 2 rings (SSSR count). The molecule has 0 fully saturated rings. The van der Waals surface area contributed by atoms with Crippen molar-refractivity contribution >= 4 is 11.0 Å². The van der Waals surface area contributed by atoms with Crippen LogP contribution in [-0.2, 0) is 6.54 Å². The molecule has 0 unspecified atom stereocenters. The Morgan fingerprint density at radius 2 is 1.76 bits per heavy atom. The summed E-state index contributed by atoms with van der Waals surface area (Å²) in [6.45, 7) is 3.24. The van der Waals surface area contributed by atoms with E-state index in [0.29, 0.717) is 0 Å². The number of aromatic nitrogens is 3. The lowest BCUT2D eigenvalue weighted by molar-refractivity contribution is 0.526. The molecule has 3 nitrogen and oxygen atoms in total. The monoisotopic (exact) mass is 231 g/mol. The maximum Gasteiger partial charge on any atom is 0.113 e. The minimum atomic E-state index is 0.993. The lowest BCUT2D eigenvalue weighted by Gasteiger charge is -2.02. The summed E-state index contributed by atoms with van der Waals surface area (Å²) in [7, 11) is 0. The fourth-order valence-electron chi connectivity index (χ4n) is 2.12. The van der Waals surface area contributed by atoms with Crippen molar-refractivity contribution in [3.63, 3.8) is 0 Å². The first kappa shape index (κ1) is 12.1. The van der Waals surface area contributed by atoms with E-state index in [2.05, 4.69) is 23.3 Å². The molecule has 0 aliphatic rings. The Labute approximate surface area is 103 Å². The Balaban J connectivity index is 1.79. The number of para-hydroxylation sites is 1. The third-order valence-corrected chi connectivity index (χ3v) is 3.14. The van der Waals surface area contributed by atoms with Gasteiger partial charge in [-0.15, -0.1) is 5.10 Å².